The number of pyridine rings is 2. The first-order valence-electron chi connectivity index (χ1n) is 8.21. The summed E-state index contributed by atoms with van der Waals surface area (Å²) in [6.07, 6.45) is 4.97. The number of aromatic nitrogens is 2. The second kappa shape index (κ2) is 5.52. The van der Waals surface area contributed by atoms with Gasteiger partial charge >= 0.3 is 0 Å². The highest BCUT2D eigenvalue weighted by Crippen LogP contribution is 2.31. The van der Waals surface area contributed by atoms with Gasteiger partial charge in [0.15, 0.2) is 0 Å². The minimum Gasteiger partial charge on any atom is -0.455 e. The van der Waals surface area contributed by atoms with E-state index in [9.17, 15) is 4.79 Å². The summed E-state index contributed by atoms with van der Waals surface area (Å²) in [4.78, 5) is 21.3. The number of hydrogen-bond acceptors (Lipinski definition) is 4. The molecule has 4 rings (SSSR count). The van der Waals surface area contributed by atoms with Gasteiger partial charge in [0, 0.05) is 24.2 Å². The van der Waals surface area contributed by atoms with E-state index in [2.05, 4.69) is 36.8 Å². The van der Waals surface area contributed by atoms with Gasteiger partial charge < -0.3 is 4.42 Å². The predicted octanol–water partition coefficient (Wildman–Crippen LogP) is 4.70. The van der Waals surface area contributed by atoms with Crippen LogP contribution in [0.4, 0.5) is 0 Å². The van der Waals surface area contributed by atoms with Crippen LogP contribution in [0.3, 0.4) is 0 Å². The Hall–Kier alpha value is -3.01. The molecule has 1 aromatic carbocycles. The Balaban J connectivity index is 2.05. The van der Waals surface area contributed by atoms with Crippen molar-refractivity contribution in [2.45, 2.75) is 26.2 Å². The molecule has 0 fully saturated rings. The van der Waals surface area contributed by atoms with Crippen LogP contribution in [0.1, 0.15) is 26.3 Å². The number of nitrogens with zero attached hydrogens (tertiary/aromatic N) is 2. The maximum Gasteiger partial charge on any atom is 0.202 e. The molecular formula is C21H18N2O2. The Morgan fingerprint density at radius 3 is 2.64 bits per heavy atom. The molecule has 0 amide bonds. The fourth-order valence-electron chi connectivity index (χ4n) is 2.97. The van der Waals surface area contributed by atoms with Crippen LogP contribution in [0.5, 0.6) is 0 Å². The highest BCUT2D eigenvalue weighted by atomic mass is 16.3. The molecule has 0 spiro atoms. The van der Waals surface area contributed by atoms with Gasteiger partial charge in [-0.3, -0.25) is 14.8 Å². The molecule has 0 N–H and O–H groups in total. The van der Waals surface area contributed by atoms with Gasteiger partial charge in [-0.1, -0.05) is 26.8 Å². The third kappa shape index (κ3) is 2.60. The van der Waals surface area contributed by atoms with E-state index in [0.29, 0.717) is 21.9 Å². The van der Waals surface area contributed by atoms with Crippen molar-refractivity contribution in [3.8, 4) is 11.3 Å². The minimum atomic E-state index is -0.0711. The molecule has 4 heteroatoms. The largest absolute Gasteiger partial charge is 0.455 e. The van der Waals surface area contributed by atoms with Crippen LogP contribution >= 0.6 is 0 Å². The average Bonchev–Trinajstić information content (AvgIpc) is 2.61. The van der Waals surface area contributed by atoms with Gasteiger partial charge in [-0.15, -0.1) is 0 Å². The van der Waals surface area contributed by atoms with Crippen LogP contribution in [0, 0.1) is 0 Å². The van der Waals surface area contributed by atoms with Gasteiger partial charge in [-0.25, -0.2) is 0 Å². The van der Waals surface area contributed by atoms with Crippen molar-refractivity contribution >= 4 is 21.9 Å². The number of fused-ring (bicyclic) bond motifs is 2. The fraction of sp³-hybridized carbons (Fsp3) is 0.190. The first-order chi connectivity index (χ1) is 11.9. The summed E-state index contributed by atoms with van der Waals surface area (Å²) in [5.74, 6) is 0. The predicted molar refractivity (Wildman–Crippen MR) is 99.7 cm³/mol. The van der Waals surface area contributed by atoms with Crippen LogP contribution in [-0.2, 0) is 5.41 Å². The highest BCUT2D eigenvalue weighted by Gasteiger charge is 2.17. The lowest BCUT2D eigenvalue weighted by molar-refractivity contribution is 0.589. The molecule has 124 valence electrons. The van der Waals surface area contributed by atoms with Crippen LogP contribution in [-0.4, -0.2) is 9.97 Å². The lowest BCUT2D eigenvalue weighted by atomic mass is 9.87. The molecule has 0 radical (unpaired) electrons. The maximum absolute atomic E-state index is 12.8. The molecule has 3 heterocycles. The summed E-state index contributed by atoms with van der Waals surface area (Å²) in [7, 11) is 0. The second-order valence-corrected chi connectivity index (χ2v) is 7.17. The van der Waals surface area contributed by atoms with E-state index in [4.69, 9.17) is 4.42 Å². The maximum atomic E-state index is 12.8. The monoisotopic (exact) mass is 330 g/mol. The van der Waals surface area contributed by atoms with Crippen molar-refractivity contribution in [3.05, 3.63) is 70.8 Å². The van der Waals surface area contributed by atoms with Crippen molar-refractivity contribution in [2.24, 2.45) is 0 Å². The SMILES string of the molecule is CC(C)(C)c1ccnc(-c2cccc3c(=O)c4cnccc4oc23)c1. The molecule has 0 aliphatic rings. The van der Waals surface area contributed by atoms with Crippen molar-refractivity contribution in [2.75, 3.05) is 0 Å². The zero-order chi connectivity index (χ0) is 17.6. The molecule has 4 nitrogen and oxygen atoms in total. The van der Waals surface area contributed by atoms with Crippen LogP contribution in [0.15, 0.2) is 64.2 Å². The van der Waals surface area contributed by atoms with Crippen molar-refractivity contribution < 1.29 is 4.42 Å². The van der Waals surface area contributed by atoms with Gasteiger partial charge in [0.25, 0.3) is 0 Å². The van der Waals surface area contributed by atoms with Gasteiger partial charge in [0.2, 0.25) is 5.43 Å². The summed E-state index contributed by atoms with van der Waals surface area (Å²) in [5, 5.41) is 1.03. The van der Waals surface area contributed by atoms with Gasteiger partial charge in [-0.05, 0) is 41.3 Å². The van der Waals surface area contributed by atoms with Gasteiger partial charge in [0.1, 0.15) is 11.2 Å². The third-order valence-corrected chi connectivity index (χ3v) is 4.40. The molecule has 0 aliphatic carbocycles. The van der Waals surface area contributed by atoms with E-state index < -0.39 is 0 Å². The summed E-state index contributed by atoms with van der Waals surface area (Å²) in [5.41, 5.74) is 3.84. The molecule has 0 saturated carbocycles. The molecule has 0 bridgehead atoms. The normalized spacial score (nSPS) is 12.0. The van der Waals surface area contributed by atoms with E-state index in [0.717, 1.165) is 11.3 Å². The fourth-order valence-corrected chi connectivity index (χ4v) is 2.97. The molecule has 0 atom stereocenters. The van der Waals surface area contributed by atoms with Gasteiger partial charge in [-0.2, -0.15) is 0 Å². The molecule has 0 unspecified atom stereocenters. The number of rotatable bonds is 1. The van der Waals surface area contributed by atoms with Gasteiger partial charge in [0.05, 0.1) is 16.5 Å². The zero-order valence-corrected chi connectivity index (χ0v) is 14.4. The molecule has 3 aromatic heterocycles. The minimum absolute atomic E-state index is 0.0154. The first kappa shape index (κ1) is 15.5. The standard InChI is InChI=1S/C21H18N2O2/c1-21(2,3)13-7-10-23-17(11-13)14-5-4-6-15-19(24)16-12-22-9-8-18(16)25-20(14)15/h4-12H,1-3H3. The smallest absolute Gasteiger partial charge is 0.202 e. The average molecular weight is 330 g/mol. The number of benzene rings is 1. The Labute approximate surface area is 145 Å². The van der Waals surface area contributed by atoms with E-state index in [1.54, 1.807) is 30.7 Å². The Morgan fingerprint density at radius 2 is 1.84 bits per heavy atom. The number of para-hydroxylation sites is 1. The summed E-state index contributed by atoms with van der Waals surface area (Å²) >= 11 is 0. The van der Waals surface area contributed by atoms with Crippen LogP contribution in [0.25, 0.3) is 33.2 Å². The first-order valence-corrected chi connectivity index (χ1v) is 8.21. The van der Waals surface area contributed by atoms with Crippen molar-refractivity contribution in [3.63, 3.8) is 0 Å². The molecule has 4 aromatic rings. The van der Waals surface area contributed by atoms with E-state index in [1.165, 1.54) is 5.56 Å². The lowest BCUT2D eigenvalue weighted by Gasteiger charge is -2.19. The topological polar surface area (TPSA) is 56.0 Å². The van der Waals surface area contributed by atoms with E-state index in [-0.39, 0.29) is 10.8 Å². The van der Waals surface area contributed by atoms with E-state index >= 15 is 0 Å². The quantitative estimate of drug-likeness (QED) is 0.475. The highest BCUT2D eigenvalue weighted by molar-refractivity contribution is 5.96. The van der Waals surface area contributed by atoms with Crippen molar-refractivity contribution in [1.82, 2.24) is 9.97 Å². The summed E-state index contributed by atoms with van der Waals surface area (Å²) in [6, 6.07) is 11.4. The van der Waals surface area contributed by atoms with E-state index in [1.807, 2.05) is 18.2 Å². The summed E-state index contributed by atoms with van der Waals surface area (Å²) in [6.45, 7) is 6.49. The summed E-state index contributed by atoms with van der Waals surface area (Å²) < 4.78 is 6.06. The Kier molecular flexibility index (Phi) is 3.42. The molecular weight excluding hydrogens is 312 g/mol. The Bertz CT molecular complexity index is 1150. The third-order valence-electron chi connectivity index (χ3n) is 4.40. The zero-order valence-electron chi connectivity index (χ0n) is 14.4. The molecule has 25 heavy (non-hydrogen) atoms. The molecule has 0 saturated heterocycles. The second-order valence-electron chi connectivity index (χ2n) is 7.17. The van der Waals surface area contributed by atoms with Crippen molar-refractivity contribution in [1.29, 1.82) is 0 Å². The van der Waals surface area contributed by atoms with Crippen LogP contribution in [0.2, 0.25) is 0 Å². The van der Waals surface area contributed by atoms with Crippen LogP contribution < -0.4 is 5.43 Å². The molecule has 0 aliphatic heterocycles. The lowest BCUT2D eigenvalue weighted by Crippen LogP contribution is -2.11. The number of hydrogen-bond donors (Lipinski definition) is 0. The Morgan fingerprint density at radius 1 is 1.00 bits per heavy atom.